The minimum absolute atomic E-state index is 0.150. The summed E-state index contributed by atoms with van der Waals surface area (Å²) in [4.78, 5) is 13.1. The molecule has 0 aliphatic rings. The van der Waals surface area contributed by atoms with E-state index in [2.05, 4.69) is 18.7 Å². The molecule has 0 heterocycles. The van der Waals surface area contributed by atoms with Crippen molar-refractivity contribution in [2.75, 3.05) is 13.2 Å². The van der Waals surface area contributed by atoms with Crippen LogP contribution in [-0.4, -0.2) is 35.1 Å². The Hall–Kier alpha value is -1.39. The van der Waals surface area contributed by atoms with Crippen molar-refractivity contribution in [2.45, 2.75) is 26.4 Å². The number of aliphatic hydroxyl groups excluding tert-OH is 1. The van der Waals surface area contributed by atoms with E-state index < -0.39 is 5.91 Å². The standard InChI is InChI=1S/C13H20N2O2/c1-10(2)15(7-8-16)9-11-3-5-12(6-4-11)13(14)17/h3-6,10,16H,7-9H2,1-2H3,(H2,14,17). The molecule has 0 saturated carbocycles. The van der Waals surface area contributed by atoms with Crippen LogP contribution in [0.15, 0.2) is 24.3 Å². The van der Waals surface area contributed by atoms with E-state index in [-0.39, 0.29) is 6.61 Å². The Kier molecular flexibility index (Phi) is 5.12. The van der Waals surface area contributed by atoms with Crippen molar-refractivity contribution in [1.29, 1.82) is 0 Å². The van der Waals surface area contributed by atoms with E-state index in [0.29, 0.717) is 18.2 Å². The summed E-state index contributed by atoms with van der Waals surface area (Å²) in [5.74, 6) is -0.410. The third-order valence-corrected chi connectivity index (χ3v) is 2.74. The van der Waals surface area contributed by atoms with Crippen LogP contribution in [0, 0.1) is 0 Å². The van der Waals surface area contributed by atoms with Gasteiger partial charge in [0.1, 0.15) is 0 Å². The molecule has 0 unspecified atom stereocenters. The van der Waals surface area contributed by atoms with Crippen LogP contribution in [0.25, 0.3) is 0 Å². The maximum Gasteiger partial charge on any atom is 0.248 e. The summed E-state index contributed by atoms with van der Waals surface area (Å²) in [6, 6.07) is 7.63. The van der Waals surface area contributed by atoms with E-state index in [4.69, 9.17) is 10.8 Å². The molecule has 0 atom stereocenters. The molecule has 4 heteroatoms. The summed E-state index contributed by atoms with van der Waals surface area (Å²) in [5.41, 5.74) is 6.81. The normalized spacial score (nSPS) is 11.1. The number of primary amides is 1. The molecule has 3 N–H and O–H groups in total. The molecule has 0 aliphatic carbocycles. The molecule has 0 bridgehead atoms. The molecule has 1 aromatic carbocycles. The summed E-state index contributed by atoms with van der Waals surface area (Å²) in [5, 5.41) is 8.98. The minimum Gasteiger partial charge on any atom is -0.395 e. The third-order valence-electron chi connectivity index (χ3n) is 2.74. The summed E-state index contributed by atoms with van der Waals surface area (Å²) in [7, 11) is 0. The maximum atomic E-state index is 10.9. The van der Waals surface area contributed by atoms with Gasteiger partial charge in [0.2, 0.25) is 5.91 Å². The predicted molar refractivity (Wildman–Crippen MR) is 67.6 cm³/mol. The molecule has 0 aromatic heterocycles. The topological polar surface area (TPSA) is 66.6 Å². The monoisotopic (exact) mass is 236 g/mol. The van der Waals surface area contributed by atoms with Crippen molar-refractivity contribution in [3.8, 4) is 0 Å². The fourth-order valence-corrected chi connectivity index (χ4v) is 1.66. The van der Waals surface area contributed by atoms with Gasteiger partial charge in [0.25, 0.3) is 0 Å². The number of nitrogens with two attached hydrogens (primary N) is 1. The average Bonchev–Trinajstić information content (AvgIpc) is 2.29. The zero-order chi connectivity index (χ0) is 12.8. The molecular formula is C13H20N2O2. The largest absolute Gasteiger partial charge is 0.395 e. The van der Waals surface area contributed by atoms with E-state index in [1.54, 1.807) is 12.1 Å². The van der Waals surface area contributed by atoms with E-state index in [0.717, 1.165) is 12.1 Å². The van der Waals surface area contributed by atoms with Gasteiger partial charge in [-0.1, -0.05) is 12.1 Å². The number of benzene rings is 1. The number of carbonyl (C=O) groups excluding carboxylic acids is 1. The Labute approximate surface area is 102 Å². The number of hydrogen-bond acceptors (Lipinski definition) is 3. The molecule has 0 fully saturated rings. The van der Waals surface area contributed by atoms with Gasteiger partial charge in [-0.15, -0.1) is 0 Å². The maximum absolute atomic E-state index is 10.9. The molecule has 0 spiro atoms. The Bertz CT molecular complexity index is 360. The smallest absolute Gasteiger partial charge is 0.248 e. The Morgan fingerprint density at radius 1 is 1.35 bits per heavy atom. The highest BCUT2D eigenvalue weighted by Gasteiger charge is 2.09. The summed E-state index contributed by atoms with van der Waals surface area (Å²) in [6.07, 6.45) is 0. The third kappa shape index (κ3) is 4.17. The number of aliphatic hydroxyl groups is 1. The highest BCUT2D eigenvalue weighted by molar-refractivity contribution is 5.92. The van der Waals surface area contributed by atoms with Gasteiger partial charge < -0.3 is 10.8 Å². The number of carbonyl (C=O) groups is 1. The van der Waals surface area contributed by atoms with Crippen molar-refractivity contribution in [3.05, 3.63) is 35.4 Å². The molecule has 1 aromatic rings. The molecule has 0 saturated heterocycles. The number of hydrogen-bond donors (Lipinski definition) is 2. The Balaban J connectivity index is 2.69. The molecule has 4 nitrogen and oxygen atoms in total. The fourth-order valence-electron chi connectivity index (χ4n) is 1.66. The van der Waals surface area contributed by atoms with Crippen LogP contribution < -0.4 is 5.73 Å². The highest BCUT2D eigenvalue weighted by atomic mass is 16.3. The lowest BCUT2D eigenvalue weighted by molar-refractivity contribution is 0.100. The minimum atomic E-state index is -0.410. The molecule has 0 aliphatic heterocycles. The van der Waals surface area contributed by atoms with Crippen molar-refractivity contribution in [1.82, 2.24) is 4.90 Å². The van der Waals surface area contributed by atoms with E-state index in [1.165, 1.54) is 0 Å². The first-order valence-electron chi connectivity index (χ1n) is 5.78. The lowest BCUT2D eigenvalue weighted by atomic mass is 10.1. The van der Waals surface area contributed by atoms with Crippen LogP contribution in [0.2, 0.25) is 0 Å². The van der Waals surface area contributed by atoms with E-state index >= 15 is 0 Å². The SMILES string of the molecule is CC(C)N(CCO)Cc1ccc(C(N)=O)cc1. The van der Waals surface area contributed by atoms with Gasteiger partial charge in [0.05, 0.1) is 6.61 Å². The van der Waals surface area contributed by atoms with Crippen LogP contribution in [-0.2, 0) is 6.54 Å². The Morgan fingerprint density at radius 3 is 2.35 bits per heavy atom. The second-order valence-corrected chi connectivity index (χ2v) is 4.35. The van der Waals surface area contributed by atoms with Crippen LogP contribution >= 0.6 is 0 Å². The van der Waals surface area contributed by atoms with Crippen LogP contribution in [0.1, 0.15) is 29.8 Å². The lowest BCUT2D eigenvalue weighted by Gasteiger charge is -2.25. The van der Waals surface area contributed by atoms with Gasteiger partial charge in [0.15, 0.2) is 0 Å². The number of nitrogens with zero attached hydrogens (tertiary/aromatic N) is 1. The predicted octanol–water partition coefficient (Wildman–Crippen LogP) is 0.988. The van der Waals surface area contributed by atoms with Gasteiger partial charge in [0, 0.05) is 24.7 Å². The second-order valence-electron chi connectivity index (χ2n) is 4.35. The fraction of sp³-hybridized carbons (Fsp3) is 0.462. The quantitative estimate of drug-likeness (QED) is 0.774. The first-order valence-corrected chi connectivity index (χ1v) is 5.78. The molecule has 1 amide bonds. The van der Waals surface area contributed by atoms with Gasteiger partial charge in [-0.25, -0.2) is 0 Å². The van der Waals surface area contributed by atoms with Crippen LogP contribution in [0.5, 0.6) is 0 Å². The van der Waals surface area contributed by atoms with Crippen molar-refractivity contribution < 1.29 is 9.90 Å². The number of amides is 1. The summed E-state index contributed by atoms with van der Waals surface area (Å²) >= 11 is 0. The first-order chi connectivity index (χ1) is 8.04. The van der Waals surface area contributed by atoms with Crippen LogP contribution in [0.4, 0.5) is 0 Å². The molecule has 94 valence electrons. The summed E-state index contributed by atoms with van der Waals surface area (Å²) < 4.78 is 0. The second kappa shape index (κ2) is 6.37. The number of rotatable bonds is 6. The van der Waals surface area contributed by atoms with E-state index in [9.17, 15) is 4.79 Å². The molecule has 1 rings (SSSR count). The van der Waals surface area contributed by atoms with Crippen LogP contribution in [0.3, 0.4) is 0 Å². The zero-order valence-electron chi connectivity index (χ0n) is 10.4. The average molecular weight is 236 g/mol. The zero-order valence-corrected chi connectivity index (χ0v) is 10.4. The molecular weight excluding hydrogens is 216 g/mol. The van der Waals surface area contributed by atoms with Gasteiger partial charge in [-0.05, 0) is 31.5 Å². The molecule has 0 radical (unpaired) electrons. The lowest BCUT2D eigenvalue weighted by Crippen LogP contribution is -2.32. The van der Waals surface area contributed by atoms with E-state index in [1.807, 2.05) is 12.1 Å². The van der Waals surface area contributed by atoms with Crippen molar-refractivity contribution in [2.24, 2.45) is 5.73 Å². The summed E-state index contributed by atoms with van der Waals surface area (Å²) in [6.45, 7) is 5.74. The van der Waals surface area contributed by atoms with Crippen molar-refractivity contribution >= 4 is 5.91 Å². The first kappa shape index (κ1) is 13.7. The van der Waals surface area contributed by atoms with Crippen molar-refractivity contribution in [3.63, 3.8) is 0 Å². The van der Waals surface area contributed by atoms with Gasteiger partial charge in [-0.2, -0.15) is 0 Å². The Morgan fingerprint density at radius 2 is 1.94 bits per heavy atom. The van der Waals surface area contributed by atoms with Gasteiger partial charge in [-0.3, -0.25) is 9.69 Å². The molecule has 17 heavy (non-hydrogen) atoms. The highest BCUT2D eigenvalue weighted by Crippen LogP contribution is 2.09. The van der Waals surface area contributed by atoms with Gasteiger partial charge >= 0.3 is 0 Å².